The fraction of sp³-hybridized carbons (Fsp3) is 0.432. The maximum Gasteiger partial charge on any atom is 0.274 e. The van der Waals surface area contributed by atoms with Crippen molar-refractivity contribution in [1.82, 2.24) is 50.6 Å². The smallest absolute Gasteiger partial charge is 0.274 e. The van der Waals surface area contributed by atoms with E-state index in [0.29, 0.717) is 17.1 Å². The second-order valence-electron chi connectivity index (χ2n) is 13.9. The standard InChI is InChI=1S/C37H46N10O6S/c1-21(2)13-27-34-44-30(20-54-34)33(50)43-28(14-24-16-40-26-10-8-7-9-25(24)26)36(52)46(6)18-31(48)41-23(4)35(51)45(5)11-12-47(19-32(49)42-27)37(53)29-17-38-22(3)15-39-29/h7-10,15-17,20-21,23,27-28,40H,11-14,18-19H2,1-6H3,(H,41,48)(H,42,49)(H,43,50)/t23-,27-,28+/m0/s1. The van der Waals surface area contributed by atoms with Crippen molar-refractivity contribution in [2.24, 2.45) is 5.92 Å². The zero-order valence-electron chi connectivity index (χ0n) is 31.2. The molecule has 6 amide bonds. The Morgan fingerprint density at radius 2 is 1.65 bits per heavy atom. The van der Waals surface area contributed by atoms with Crippen molar-refractivity contribution < 1.29 is 28.8 Å². The van der Waals surface area contributed by atoms with Gasteiger partial charge in [-0.05, 0) is 37.8 Å². The molecular weight excluding hydrogens is 713 g/mol. The molecule has 2 bridgehead atoms. The molecule has 286 valence electrons. The van der Waals surface area contributed by atoms with Crippen LogP contribution in [0.4, 0.5) is 0 Å². The van der Waals surface area contributed by atoms with E-state index in [1.54, 1.807) is 18.5 Å². The van der Waals surface area contributed by atoms with Crippen LogP contribution in [0.5, 0.6) is 0 Å². The first-order valence-electron chi connectivity index (χ1n) is 17.7. The summed E-state index contributed by atoms with van der Waals surface area (Å²) in [5, 5.41) is 11.4. The normalized spacial score (nSPS) is 20.1. The quantitative estimate of drug-likeness (QED) is 0.234. The van der Waals surface area contributed by atoms with Gasteiger partial charge >= 0.3 is 0 Å². The van der Waals surface area contributed by atoms with E-state index in [1.165, 1.54) is 59.4 Å². The van der Waals surface area contributed by atoms with E-state index in [0.717, 1.165) is 16.5 Å². The molecule has 17 heteroatoms. The minimum absolute atomic E-state index is 0.0316. The number of aromatic amines is 1. The molecule has 0 aliphatic carbocycles. The Balaban J connectivity index is 1.47. The predicted molar refractivity (Wildman–Crippen MR) is 201 cm³/mol. The van der Waals surface area contributed by atoms with Gasteiger partial charge in [-0.25, -0.2) is 9.97 Å². The Kier molecular flexibility index (Phi) is 12.7. The number of thiazole rings is 1. The van der Waals surface area contributed by atoms with Crippen LogP contribution in [-0.4, -0.2) is 122 Å². The van der Waals surface area contributed by atoms with Gasteiger partial charge in [-0.3, -0.25) is 33.8 Å². The number of hydrogen-bond acceptors (Lipinski definition) is 10. The monoisotopic (exact) mass is 758 g/mol. The first kappa shape index (κ1) is 39.5. The highest BCUT2D eigenvalue weighted by Gasteiger charge is 2.31. The lowest BCUT2D eigenvalue weighted by molar-refractivity contribution is -0.138. The number of H-pyrrole nitrogens is 1. The molecule has 1 aliphatic rings. The summed E-state index contributed by atoms with van der Waals surface area (Å²) in [5.74, 6) is -3.07. The third-order valence-corrected chi connectivity index (χ3v) is 9.96. The average molecular weight is 759 g/mol. The predicted octanol–water partition coefficient (Wildman–Crippen LogP) is 1.84. The Morgan fingerprint density at radius 3 is 2.37 bits per heavy atom. The summed E-state index contributed by atoms with van der Waals surface area (Å²) < 4.78 is 0. The molecule has 3 atom stereocenters. The Morgan fingerprint density at radius 1 is 0.907 bits per heavy atom. The molecule has 1 aromatic carbocycles. The van der Waals surface area contributed by atoms with Crippen LogP contribution in [0.1, 0.15) is 70.5 Å². The van der Waals surface area contributed by atoms with Gasteiger partial charge in [0, 0.05) is 62.3 Å². The van der Waals surface area contributed by atoms with Crippen molar-refractivity contribution in [2.45, 2.75) is 58.7 Å². The number of aryl methyl sites for hydroxylation is 1. The maximum atomic E-state index is 13.9. The summed E-state index contributed by atoms with van der Waals surface area (Å²) in [6.45, 7) is 6.49. The van der Waals surface area contributed by atoms with Gasteiger partial charge in [0.1, 0.15) is 28.5 Å². The van der Waals surface area contributed by atoms with Gasteiger partial charge in [-0.15, -0.1) is 11.3 Å². The van der Waals surface area contributed by atoms with Crippen LogP contribution >= 0.6 is 11.3 Å². The van der Waals surface area contributed by atoms with Gasteiger partial charge in [-0.2, -0.15) is 0 Å². The molecule has 0 unspecified atom stereocenters. The van der Waals surface area contributed by atoms with Crippen molar-refractivity contribution in [3.05, 3.63) is 75.9 Å². The van der Waals surface area contributed by atoms with Gasteiger partial charge in [-0.1, -0.05) is 32.0 Å². The highest BCUT2D eigenvalue weighted by atomic mass is 32.1. The maximum absolute atomic E-state index is 13.9. The molecule has 0 radical (unpaired) electrons. The SMILES string of the molecule is Cc1cnc(C(=O)N2CCN(C)C(=O)[C@H](C)NC(=O)CN(C)C(=O)[C@@H](Cc3c[nH]c4ccccc34)NC(=O)c3csc(n3)[C@H](CC(C)C)NC(=O)C2)cn1. The second kappa shape index (κ2) is 17.4. The summed E-state index contributed by atoms with van der Waals surface area (Å²) >= 11 is 1.19. The van der Waals surface area contributed by atoms with Crippen LogP contribution in [0.2, 0.25) is 0 Å². The molecule has 4 aromatic rings. The summed E-state index contributed by atoms with van der Waals surface area (Å²) in [7, 11) is 2.98. The van der Waals surface area contributed by atoms with Crippen LogP contribution in [-0.2, 0) is 25.6 Å². The number of amides is 6. The van der Waals surface area contributed by atoms with E-state index in [1.807, 2.05) is 38.1 Å². The van der Waals surface area contributed by atoms with Crippen molar-refractivity contribution >= 4 is 57.7 Å². The molecule has 16 nitrogen and oxygen atoms in total. The zero-order chi connectivity index (χ0) is 39.1. The minimum Gasteiger partial charge on any atom is -0.361 e. The molecule has 0 spiro atoms. The fourth-order valence-corrected chi connectivity index (χ4v) is 7.01. The van der Waals surface area contributed by atoms with Crippen molar-refractivity contribution in [3.63, 3.8) is 0 Å². The summed E-state index contributed by atoms with van der Waals surface area (Å²) in [6.07, 6.45) is 5.17. The molecule has 0 fully saturated rings. The number of para-hydroxylation sites is 1. The van der Waals surface area contributed by atoms with E-state index < -0.39 is 53.6 Å². The van der Waals surface area contributed by atoms with Crippen molar-refractivity contribution in [2.75, 3.05) is 40.3 Å². The number of fused-ring (bicyclic) bond motifs is 3. The van der Waals surface area contributed by atoms with Crippen LogP contribution < -0.4 is 16.0 Å². The molecule has 0 saturated heterocycles. The molecule has 0 saturated carbocycles. The number of benzene rings is 1. The number of likely N-dealkylation sites (N-methyl/N-ethyl adjacent to an activating group) is 2. The summed E-state index contributed by atoms with van der Waals surface area (Å²) in [6, 6.07) is 4.94. The van der Waals surface area contributed by atoms with E-state index in [9.17, 15) is 28.8 Å². The van der Waals surface area contributed by atoms with Crippen molar-refractivity contribution in [3.8, 4) is 0 Å². The lowest BCUT2D eigenvalue weighted by atomic mass is 10.0. The topological polar surface area (TPSA) is 203 Å². The summed E-state index contributed by atoms with van der Waals surface area (Å²) in [4.78, 5) is 101. The third kappa shape index (κ3) is 9.83. The van der Waals surface area contributed by atoms with Crippen LogP contribution in [0.3, 0.4) is 0 Å². The fourth-order valence-electron chi connectivity index (χ4n) is 6.15. The Hall–Kier alpha value is -5.71. The number of hydrogen-bond donors (Lipinski definition) is 4. The molecule has 4 N–H and O–H groups in total. The number of nitrogens with one attached hydrogen (secondary N) is 4. The number of carbonyl (C=O) groups excluding carboxylic acids is 6. The largest absolute Gasteiger partial charge is 0.361 e. The first-order chi connectivity index (χ1) is 25.7. The number of carbonyl (C=O) groups is 6. The Bertz CT molecular complexity index is 2010. The van der Waals surface area contributed by atoms with Crippen LogP contribution in [0, 0.1) is 12.8 Å². The van der Waals surface area contributed by atoms with Gasteiger partial charge in [0.15, 0.2) is 0 Å². The molecule has 54 heavy (non-hydrogen) atoms. The summed E-state index contributed by atoms with van der Waals surface area (Å²) in [5.41, 5.74) is 2.36. The lowest BCUT2D eigenvalue weighted by Crippen LogP contribution is -2.53. The molecule has 3 aromatic heterocycles. The van der Waals surface area contributed by atoms with Gasteiger partial charge in [0.2, 0.25) is 23.6 Å². The highest BCUT2D eigenvalue weighted by Crippen LogP contribution is 2.25. The average Bonchev–Trinajstić information content (AvgIpc) is 3.79. The molecule has 5 rings (SSSR count). The van der Waals surface area contributed by atoms with E-state index in [4.69, 9.17) is 0 Å². The first-order valence-corrected chi connectivity index (χ1v) is 18.6. The lowest BCUT2D eigenvalue weighted by Gasteiger charge is -2.28. The van der Waals surface area contributed by atoms with Gasteiger partial charge < -0.3 is 35.6 Å². The highest BCUT2D eigenvalue weighted by molar-refractivity contribution is 7.09. The van der Waals surface area contributed by atoms with Gasteiger partial charge in [0.25, 0.3) is 11.8 Å². The Labute approximate surface area is 317 Å². The third-order valence-electron chi connectivity index (χ3n) is 9.01. The molecule has 4 heterocycles. The van der Waals surface area contributed by atoms with Gasteiger partial charge in [0.05, 0.1) is 31.0 Å². The number of rotatable bonds is 5. The molecule has 1 aliphatic heterocycles. The minimum atomic E-state index is -1.08. The van der Waals surface area contributed by atoms with E-state index >= 15 is 0 Å². The number of nitrogens with zero attached hydrogens (tertiary/aromatic N) is 6. The van der Waals surface area contributed by atoms with E-state index in [-0.39, 0.29) is 49.9 Å². The number of aromatic nitrogens is 4. The van der Waals surface area contributed by atoms with E-state index in [2.05, 4.69) is 35.9 Å². The van der Waals surface area contributed by atoms with Crippen molar-refractivity contribution in [1.29, 1.82) is 0 Å². The van der Waals surface area contributed by atoms with Crippen LogP contribution in [0.25, 0.3) is 10.9 Å². The second-order valence-corrected chi connectivity index (χ2v) is 14.8. The zero-order valence-corrected chi connectivity index (χ0v) is 32.0. The molecular formula is C37H46N10O6S. The van der Waals surface area contributed by atoms with Crippen LogP contribution in [0.15, 0.2) is 48.2 Å².